The van der Waals surface area contributed by atoms with Crippen LogP contribution in [0.25, 0.3) is 11.1 Å². The van der Waals surface area contributed by atoms with E-state index in [4.69, 9.17) is 19.6 Å². The number of aryl methyl sites for hydroxylation is 1. The highest BCUT2D eigenvalue weighted by Gasteiger charge is 2.41. The minimum absolute atomic E-state index is 0.0164. The lowest BCUT2D eigenvalue weighted by Crippen LogP contribution is -2.38. The van der Waals surface area contributed by atoms with Crippen molar-refractivity contribution in [2.24, 2.45) is 0 Å². The Hall–Kier alpha value is -4.24. The van der Waals surface area contributed by atoms with Gasteiger partial charge in [-0.15, -0.1) is 0 Å². The Balaban J connectivity index is 1.64. The number of aromatic nitrogens is 2. The minimum atomic E-state index is -2.05. The van der Waals surface area contributed by atoms with Crippen molar-refractivity contribution in [3.8, 4) is 0 Å². The number of aliphatic hydroxyl groups is 1. The van der Waals surface area contributed by atoms with Gasteiger partial charge in [0.1, 0.15) is 17.1 Å². The number of fused-ring (bicyclic) bond motifs is 1. The second kappa shape index (κ2) is 9.32. The molecule has 9 heteroatoms. The first-order valence-corrected chi connectivity index (χ1v) is 10.6. The summed E-state index contributed by atoms with van der Waals surface area (Å²) in [5.41, 5.74) is 4.95. The molecule has 0 saturated heterocycles. The fourth-order valence-corrected chi connectivity index (χ4v) is 3.69. The van der Waals surface area contributed by atoms with Crippen LogP contribution in [0.1, 0.15) is 40.0 Å². The molecule has 0 atom stereocenters. The normalized spacial score (nSPS) is 11.4. The standard InChI is InChI=1S/C25H23N3O6/c1-3-32-23(29)19-15(2)34-22-20(19)21(26)27-18(28-22)14-33-24(30)25(31,16-10-6-4-7-11-16)17-12-8-5-9-13-17/h4-13,31H,3,14H2,1-2H3,(H2,26,27,28). The number of ether oxygens (including phenoxy) is 2. The molecule has 0 bridgehead atoms. The predicted octanol–water partition coefficient (Wildman–Crippen LogP) is 3.27. The first-order chi connectivity index (χ1) is 16.4. The summed E-state index contributed by atoms with van der Waals surface area (Å²) >= 11 is 0. The number of nitrogens with two attached hydrogens (primary N) is 1. The number of hydrogen-bond donors (Lipinski definition) is 2. The molecule has 3 N–H and O–H groups in total. The molecule has 0 radical (unpaired) electrons. The first kappa shape index (κ1) is 22.9. The van der Waals surface area contributed by atoms with Gasteiger partial charge in [0.15, 0.2) is 12.4 Å². The van der Waals surface area contributed by atoms with E-state index in [1.165, 1.54) is 0 Å². The molecule has 2 aromatic heterocycles. The largest absolute Gasteiger partial charge is 0.462 e. The van der Waals surface area contributed by atoms with Gasteiger partial charge < -0.3 is 24.7 Å². The van der Waals surface area contributed by atoms with Crippen LogP contribution in [0.4, 0.5) is 5.82 Å². The van der Waals surface area contributed by atoms with Gasteiger partial charge in [-0.05, 0) is 25.0 Å². The van der Waals surface area contributed by atoms with Gasteiger partial charge in [0.2, 0.25) is 11.3 Å². The van der Waals surface area contributed by atoms with Crippen molar-refractivity contribution >= 4 is 28.9 Å². The van der Waals surface area contributed by atoms with E-state index in [0.29, 0.717) is 11.1 Å². The highest BCUT2D eigenvalue weighted by Crippen LogP contribution is 2.32. The number of rotatable bonds is 7. The van der Waals surface area contributed by atoms with Crippen molar-refractivity contribution in [3.63, 3.8) is 0 Å². The third-order valence-corrected chi connectivity index (χ3v) is 5.29. The number of esters is 2. The average Bonchev–Trinajstić information content (AvgIpc) is 3.19. The lowest BCUT2D eigenvalue weighted by atomic mass is 9.86. The van der Waals surface area contributed by atoms with Gasteiger partial charge >= 0.3 is 11.9 Å². The zero-order valence-corrected chi connectivity index (χ0v) is 18.6. The van der Waals surface area contributed by atoms with E-state index in [0.717, 1.165) is 0 Å². The molecule has 0 spiro atoms. The Morgan fingerprint density at radius 2 is 1.59 bits per heavy atom. The fourth-order valence-electron chi connectivity index (χ4n) is 3.69. The second-order valence-electron chi connectivity index (χ2n) is 7.48. The summed E-state index contributed by atoms with van der Waals surface area (Å²) in [7, 11) is 0. The van der Waals surface area contributed by atoms with Gasteiger partial charge in [-0.3, -0.25) is 0 Å². The molecule has 2 heterocycles. The molecule has 9 nitrogen and oxygen atoms in total. The maximum atomic E-state index is 13.2. The van der Waals surface area contributed by atoms with Crippen LogP contribution >= 0.6 is 0 Å². The number of nitrogens with zero attached hydrogens (tertiary/aromatic N) is 2. The van der Waals surface area contributed by atoms with E-state index in [1.54, 1.807) is 74.5 Å². The zero-order valence-electron chi connectivity index (χ0n) is 18.6. The minimum Gasteiger partial charge on any atom is -0.462 e. The third kappa shape index (κ3) is 4.08. The number of nitrogen functional groups attached to an aromatic ring is 1. The number of hydrogen-bond acceptors (Lipinski definition) is 9. The van der Waals surface area contributed by atoms with E-state index in [2.05, 4.69) is 9.97 Å². The number of benzene rings is 2. The molecular weight excluding hydrogens is 438 g/mol. The zero-order chi connectivity index (χ0) is 24.3. The van der Waals surface area contributed by atoms with E-state index in [1.807, 2.05) is 0 Å². The molecule has 0 aliphatic heterocycles. The summed E-state index contributed by atoms with van der Waals surface area (Å²) < 4.78 is 16.1. The Morgan fingerprint density at radius 1 is 1.00 bits per heavy atom. The maximum absolute atomic E-state index is 13.2. The molecule has 0 aliphatic carbocycles. The van der Waals surface area contributed by atoms with Crippen molar-refractivity contribution in [3.05, 3.63) is 88.9 Å². The molecule has 0 amide bonds. The number of anilines is 1. The lowest BCUT2D eigenvalue weighted by molar-refractivity contribution is -0.163. The van der Waals surface area contributed by atoms with Crippen LogP contribution < -0.4 is 5.73 Å². The fraction of sp³-hybridized carbons (Fsp3) is 0.200. The molecule has 0 unspecified atom stereocenters. The van der Waals surface area contributed by atoms with Crippen LogP contribution in [0.2, 0.25) is 0 Å². The summed E-state index contributed by atoms with van der Waals surface area (Å²) in [6.45, 7) is 3.09. The topological polar surface area (TPSA) is 138 Å². The summed E-state index contributed by atoms with van der Waals surface area (Å²) in [4.78, 5) is 33.8. The lowest BCUT2D eigenvalue weighted by Gasteiger charge is -2.26. The SMILES string of the molecule is CCOC(=O)c1c(C)oc2nc(COC(=O)C(O)(c3ccccc3)c3ccccc3)nc(N)c12. The van der Waals surface area contributed by atoms with E-state index >= 15 is 0 Å². The van der Waals surface area contributed by atoms with Crippen LogP contribution in [0, 0.1) is 6.92 Å². The smallest absolute Gasteiger partial charge is 0.348 e. The molecule has 174 valence electrons. The van der Waals surface area contributed by atoms with Crippen LogP contribution in [0.15, 0.2) is 65.1 Å². The van der Waals surface area contributed by atoms with Crippen molar-refractivity contribution in [1.82, 2.24) is 9.97 Å². The van der Waals surface area contributed by atoms with E-state index in [9.17, 15) is 14.7 Å². The summed E-state index contributed by atoms with van der Waals surface area (Å²) in [6, 6.07) is 17.0. The maximum Gasteiger partial charge on any atom is 0.348 e. The van der Waals surface area contributed by atoms with Crippen LogP contribution in [0.3, 0.4) is 0 Å². The van der Waals surface area contributed by atoms with Gasteiger partial charge in [-0.25, -0.2) is 14.6 Å². The highest BCUT2D eigenvalue weighted by molar-refractivity contribution is 6.07. The molecule has 4 aromatic rings. The van der Waals surface area contributed by atoms with Crippen LogP contribution in [-0.4, -0.2) is 33.6 Å². The summed E-state index contributed by atoms with van der Waals surface area (Å²) in [5, 5.41) is 11.7. The Bertz CT molecular complexity index is 1300. The van der Waals surface area contributed by atoms with Crippen LogP contribution in [0.5, 0.6) is 0 Å². The van der Waals surface area contributed by atoms with E-state index < -0.39 is 17.5 Å². The Labute approximate surface area is 195 Å². The van der Waals surface area contributed by atoms with Gasteiger partial charge in [-0.1, -0.05) is 60.7 Å². The molecular formula is C25H23N3O6. The molecule has 34 heavy (non-hydrogen) atoms. The van der Waals surface area contributed by atoms with Crippen LogP contribution in [-0.2, 0) is 26.5 Å². The van der Waals surface area contributed by atoms with Gasteiger partial charge in [-0.2, -0.15) is 4.98 Å². The Kier molecular flexibility index (Phi) is 6.29. The predicted molar refractivity (Wildman–Crippen MR) is 123 cm³/mol. The number of carbonyl (C=O) groups excluding carboxylic acids is 2. The second-order valence-corrected chi connectivity index (χ2v) is 7.48. The average molecular weight is 461 g/mol. The van der Waals surface area contributed by atoms with Crippen molar-refractivity contribution in [1.29, 1.82) is 0 Å². The third-order valence-electron chi connectivity index (χ3n) is 5.29. The number of carbonyl (C=O) groups is 2. The molecule has 2 aromatic carbocycles. The molecule has 0 aliphatic rings. The van der Waals surface area contributed by atoms with Crippen molar-refractivity contribution in [2.45, 2.75) is 26.1 Å². The summed E-state index contributed by atoms with van der Waals surface area (Å²) in [6.07, 6.45) is 0. The number of furan rings is 1. The van der Waals surface area contributed by atoms with Gasteiger partial charge in [0.25, 0.3) is 0 Å². The van der Waals surface area contributed by atoms with Crippen molar-refractivity contribution in [2.75, 3.05) is 12.3 Å². The van der Waals surface area contributed by atoms with Crippen molar-refractivity contribution < 1.29 is 28.6 Å². The highest BCUT2D eigenvalue weighted by atomic mass is 16.6. The van der Waals surface area contributed by atoms with E-state index in [-0.39, 0.29) is 47.3 Å². The molecule has 0 fully saturated rings. The molecule has 0 saturated carbocycles. The Morgan fingerprint density at radius 3 is 2.15 bits per heavy atom. The monoisotopic (exact) mass is 461 g/mol. The summed E-state index contributed by atoms with van der Waals surface area (Å²) in [5.74, 6) is -1.19. The van der Waals surface area contributed by atoms with Gasteiger partial charge in [0.05, 0.1) is 12.0 Å². The quantitative estimate of drug-likeness (QED) is 0.397. The molecule has 4 rings (SSSR count). The first-order valence-electron chi connectivity index (χ1n) is 10.6. The van der Waals surface area contributed by atoms with Gasteiger partial charge in [0, 0.05) is 0 Å².